The van der Waals surface area contributed by atoms with E-state index in [1.165, 1.54) is 23.6 Å². The maximum absolute atomic E-state index is 13.4. The number of carbonyl (C=O) groups is 4. The van der Waals surface area contributed by atoms with Crippen molar-refractivity contribution in [2.75, 3.05) is 19.6 Å². The van der Waals surface area contributed by atoms with E-state index in [1.807, 2.05) is 0 Å². The highest BCUT2D eigenvalue weighted by Gasteiger charge is 2.68. The molecule has 0 aromatic carbocycles. The quantitative estimate of drug-likeness (QED) is 0.580. The summed E-state index contributed by atoms with van der Waals surface area (Å²) in [4.78, 5) is 54.0. The van der Waals surface area contributed by atoms with Gasteiger partial charge in [0.1, 0.15) is 17.5 Å². The fourth-order valence-electron chi connectivity index (χ4n) is 5.23. The lowest BCUT2D eigenvalue weighted by Gasteiger charge is -2.40. The number of aliphatic carboxylic acids is 1. The molecule has 0 aromatic heterocycles. The molecule has 4 saturated heterocycles. The molecule has 3 unspecified atom stereocenters. The molecule has 4 aliphatic rings. The molecule has 3 amide bonds. The highest BCUT2D eigenvalue weighted by atomic mass is 32.2. The zero-order chi connectivity index (χ0) is 22.0. The van der Waals surface area contributed by atoms with Gasteiger partial charge in [-0.3, -0.25) is 19.2 Å². The molecule has 0 radical (unpaired) electrons. The summed E-state index contributed by atoms with van der Waals surface area (Å²) in [6.07, 6.45) is 1.74. The van der Waals surface area contributed by atoms with Crippen LogP contribution in [0.1, 0.15) is 46.0 Å². The Balaban J connectivity index is 1.52. The van der Waals surface area contributed by atoms with Crippen molar-refractivity contribution in [2.45, 2.75) is 68.2 Å². The summed E-state index contributed by atoms with van der Waals surface area (Å²) >= 11 is 0. The van der Waals surface area contributed by atoms with Gasteiger partial charge in [-0.15, -0.1) is 0 Å². The Morgan fingerprint density at radius 1 is 1.03 bits per heavy atom. The number of carboxylic acids is 1. The molecule has 1 N–H and O–H groups in total. The number of amides is 3. The van der Waals surface area contributed by atoms with Crippen molar-refractivity contribution in [3.05, 3.63) is 0 Å². The lowest BCUT2D eigenvalue weighted by molar-refractivity contribution is -0.156. The SMILES string of the molecule is CC1(C)C(C(=O)N2CCCC2C(=O)N2CCC(C(=O)O)CC2)N2C(=O)CC2S1(=O)=O. The van der Waals surface area contributed by atoms with Crippen molar-refractivity contribution < 1.29 is 32.7 Å². The van der Waals surface area contributed by atoms with Crippen molar-refractivity contribution in [2.24, 2.45) is 5.92 Å². The van der Waals surface area contributed by atoms with Gasteiger partial charge in [0, 0.05) is 19.6 Å². The third-order valence-corrected chi connectivity index (χ3v) is 9.99. The molecule has 0 spiro atoms. The van der Waals surface area contributed by atoms with Gasteiger partial charge in [0.2, 0.25) is 17.7 Å². The third kappa shape index (κ3) is 2.84. The van der Waals surface area contributed by atoms with Crippen LogP contribution >= 0.6 is 0 Å². The number of carbonyl (C=O) groups excluding carboxylic acids is 3. The molecule has 0 aromatic rings. The van der Waals surface area contributed by atoms with E-state index in [-0.39, 0.29) is 18.2 Å². The number of sulfone groups is 1. The summed E-state index contributed by atoms with van der Waals surface area (Å²) in [6.45, 7) is 3.93. The molecule has 0 saturated carbocycles. The number of hydrogen-bond donors (Lipinski definition) is 1. The molecule has 11 heteroatoms. The monoisotopic (exact) mass is 441 g/mol. The number of fused-ring (bicyclic) bond motifs is 1. The smallest absolute Gasteiger partial charge is 0.306 e. The van der Waals surface area contributed by atoms with E-state index in [9.17, 15) is 27.6 Å². The fourth-order valence-corrected chi connectivity index (χ4v) is 7.36. The Morgan fingerprint density at radius 3 is 2.23 bits per heavy atom. The topological polar surface area (TPSA) is 132 Å². The molecule has 3 atom stereocenters. The van der Waals surface area contributed by atoms with Crippen LogP contribution in [0, 0.1) is 5.92 Å². The summed E-state index contributed by atoms with van der Waals surface area (Å²) in [5, 5.41) is 8.18. The summed E-state index contributed by atoms with van der Waals surface area (Å²) in [7, 11) is -3.69. The van der Waals surface area contributed by atoms with Crippen LogP contribution in [-0.2, 0) is 29.0 Å². The van der Waals surface area contributed by atoms with E-state index < -0.39 is 49.8 Å². The molecule has 0 bridgehead atoms. The second kappa shape index (κ2) is 6.93. The van der Waals surface area contributed by atoms with Crippen LogP contribution in [0.3, 0.4) is 0 Å². The van der Waals surface area contributed by atoms with Gasteiger partial charge in [-0.1, -0.05) is 0 Å². The van der Waals surface area contributed by atoms with Gasteiger partial charge < -0.3 is 19.8 Å². The highest BCUT2D eigenvalue weighted by Crippen LogP contribution is 2.46. The summed E-state index contributed by atoms with van der Waals surface area (Å²) in [5.74, 6) is -2.40. The zero-order valence-electron chi connectivity index (χ0n) is 17.1. The van der Waals surface area contributed by atoms with Gasteiger partial charge in [-0.2, -0.15) is 0 Å². The molecule has 4 heterocycles. The average Bonchev–Trinajstić information content (AvgIpc) is 3.22. The van der Waals surface area contributed by atoms with Crippen LogP contribution in [0.5, 0.6) is 0 Å². The lowest BCUT2D eigenvalue weighted by Crippen LogP contribution is -2.61. The van der Waals surface area contributed by atoms with Crippen molar-refractivity contribution in [3.8, 4) is 0 Å². The van der Waals surface area contributed by atoms with Crippen LogP contribution in [0.4, 0.5) is 0 Å². The number of hydrogen-bond acceptors (Lipinski definition) is 6. The van der Waals surface area contributed by atoms with E-state index in [0.29, 0.717) is 45.3 Å². The normalized spacial score (nSPS) is 32.7. The number of carboxylic acid groups (broad SMARTS) is 1. The Labute approximate surface area is 175 Å². The van der Waals surface area contributed by atoms with E-state index in [1.54, 1.807) is 4.90 Å². The minimum Gasteiger partial charge on any atom is -0.481 e. The van der Waals surface area contributed by atoms with E-state index in [4.69, 9.17) is 5.11 Å². The first-order valence-corrected chi connectivity index (χ1v) is 11.9. The third-order valence-electron chi connectivity index (χ3n) is 7.19. The first kappa shape index (κ1) is 21.1. The maximum atomic E-state index is 13.4. The number of likely N-dealkylation sites (tertiary alicyclic amines) is 2. The lowest BCUT2D eigenvalue weighted by atomic mass is 9.95. The maximum Gasteiger partial charge on any atom is 0.306 e. The van der Waals surface area contributed by atoms with Crippen molar-refractivity contribution in [3.63, 3.8) is 0 Å². The van der Waals surface area contributed by atoms with Gasteiger partial charge in [0.15, 0.2) is 9.84 Å². The minimum absolute atomic E-state index is 0.101. The van der Waals surface area contributed by atoms with Crippen molar-refractivity contribution in [1.29, 1.82) is 0 Å². The molecule has 10 nitrogen and oxygen atoms in total. The first-order chi connectivity index (χ1) is 14.0. The van der Waals surface area contributed by atoms with E-state index >= 15 is 0 Å². The van der Waals surface area contributed by atoms with Gasteiger partial charge in [-0.25, -0.2) is 8.42 Å². The van der Waals surface area contributed by atoms with E-state index in [0.717, 1.165) is 0 Å². The largest absolute Gasteiger partial charge is 0.481 e. The van der Waals surface area contributed by atoms with Crippen molar-refractivity contribution in [1.82, 2.24) is 14.7 Å². The molecule has 4 rings (SSSR count). The molecular weight excluding hydrogens is 414 g/mol. The summed E-state index contributed by atoms with van der Waals surface area (Å²) in [6, 6.07) is -1.83. The summed E-state index contributed by atoms with van der Waals surface area (Å²) in [5.41, 5.74) is 0. The second-order valence-electron chi connectivity index (χ2n) is 9.14. The Kier molecular flexibility index (Phi) is 4.87. The number of nitrogens with zero attached hydrogens (tertiary/aromatic N) is 3. The Hall–Kier alpha value is -2.17. The van der Waals surface area contributed by atoms with Crippen LogP contribution < -0.4 is 0 Å². The molecule has 30 heavy (non-hydrogen) atoms. The van der Waals surface area contributed by atoms with Gasteiger partial charge in [0.25, 0.3) is 0 Å². The van der Waals surface area contributed by atoms with Gasteiger partial charge in [-0.05, 0) is 39.5 Å². The zero-order valence-corrected chi connectivity index (χ0v) is 17.9. The average molecular weight is 442 g/mol. The molecule has 4 fully saturated rings. The number of rotatable bonds is 3. The highest BCUT2D eigenvalue weighted by molar-refractivity contribution is 7.93. The van der Waals surface area contributed by atoms with Crippen LogP contribution in [0.2, 0.25) is 0 Å². The number of piperidine rings is 1. The van der Waals surface area contributed by atoms with E-state index in [2.05, 4.69) is 0 Å². The van der Waals surface area contributed by atoms with Crippen LogP contribution in [0.25, 0.3) is 0 Å². The Morgan fingerprint density at radius 2 is 1.67 bits per heavy atom. The minimum atomic E-state index is -3.69. The first-order valence-electron chi connectivity index (χ1n) is 10.3. The molecule has 4 aliphatic heterocycles. The predicted molar refractivity (Wildman–Crippen MR) is 104 cm³/mol. The Bertz CT molecular complexity index is 907. The van der Waals surface area contributed by atoms with Crippen molar-refractivity contribution >= 4 is 33.5 Å². The van der Waals surface area contributed by atoms with Crippen LogP contribution in [0.15, 0.2) is 0 Å². The van der Waals surface area contributed by atoms with Gasteiger partial charge in [0.05, 0.1) is 17.1 Å². The van der Waals surface area contributed by atoms with Crippen LogP contribution in [-0.4, -0.2) is 93.8 Å². The second-order valence-corrected chi connectivity index (χ2v) is 11.8. The van der Waals surface area contributed by atoms with Gasteiger partial charge >= 0.3 is 5.97 Å². The predicted octanol–water partition coefficient (Wildman–Crippen LogP) is -0.565. The fraction of sp³-hybridized carbons (Fsp3) is 0.789. The molecule has 0 aliphatic carbocycles. The molecule has 166 valence electrons. The summed E-state index contributed by atoms with van der Waals surface area (Å²) < 4.78 is 24.2. The number of β-lactam (4-membered cyclic amide) rings is 1. The molecular formula is C19H27N3O7S. The standard InChI is InChI=1S/C19H27N3O7S/c1-19(2)15(22-13(23)10-14(22)30(19,28)29)17(25)21-7-3-4-12(21)16(24)20-8-5-11(6-9-20)18(26)27/h11-12,14-15H,3-10H2,1-2H3,(H,26,27).